The van der Waals surface area contributed by atoms with Gasteiger partial charge in [-0.3, -0.25) is 0 Å². The van der Waals surface area contributed by atoms with Crippen molar-refractivity contribution in [1.82, 2.24) is 14.9 Å². The maximum Gasteiger partial charge on any atom is 0.106 e. The standard InChI is InChI=1S/C17H25N3/c1-4-10-18-11-17-12-19-14(3)20(17)13-16-8-6-15(5-2)7-9-16/h6-9,12,18H,4-5,10-11,13H2,1-3H3. The summed E-state index contributed by atoms with van der Waals surface area (Å²) in [5.41, 5.74) is 3.98. The second-order valence-electron chi connectivity index (χ2n) is 5.23. The first-order valence-electron chi connectivity index (χ1n) is 7.54. The van der Waals surface area contributed by atoms with E-state index in [4.69, 9.17) is 0 Å². The highest BCUT2D eigenvalue weighted by molar-refractivity contribution is 5.23. The van der Waals surface area contributed by atoms with E-state index in [0.717, 1.165) is 38.3 Å². The number of nitrogens with zero attached hydrogens (tertiary/aromatic N) is 2. The smallest absolute Gasteiger partial charge is 0.106 e. The molecule has 20 heavy (non-hydrogen) atoms. The highest BCUT2D eigenvalue weighted by atomic mass is 15.1. The minimum Gasteiger partial charge on any atom is -0.327 e. The van der Waals surface area contributed by atoms with Crippen molar-refractivity contribution in [2.24, 2.45) is 0 Å². The Labute approximate surface area is 122 Å². The summed E-state index contributed by atoms with van der Waals surface area (Å²) in [5.74, 6) is 1.08. The Hall–Kier alpha value is -1.61. The molecule has 3 heteroatoms. The van der Waals surface area contributed by atoms with Crippen molar-refractivity contribution >= 4 is 0 Å². The maximum absolute atomic E-state index is 4.45. The molecular weight excluding hydrogens is 246 g/mol. The van der Waals surface area contributed by atoms with Crippen molar-refractivity contribution < 1.29 is 0 Å². The Bertz CT molecular complexity index is 526. The Morgan fingerprint density at radius 2 is 1.80 bits per heavy atom. The average Bonchev–Trinajstić information content (AvgIpc) is 2.81. The SMILES string of the molecule is CCCNCc1cnc(C)n1Cc1ccc(CC)cc1. The number of aromatic nitrogens is 2. The minimum atomic E-state index is 0.891. The summed E-state index contributed by atoms with van der Waals surface area (Å²) in [6.07, 6.45) is 4.24. The van der Waals surface area contributed by atoms with E-state index in [1.54, 1.807) is 0 Å². The van der Waals surface area contributed by atoms with Crippen LogP contribution in [0, 0.1) is 6.92 Å². The molecule has 0 spiro atoms. The number of hydrogen-bond acceptors (Lipinski definition) is 2. The third-order valence-corrected chi connectivity index (χ3v) is 3.64. The van der Waals surface area contributed by atoms with Crippen LogP contribution >= 0.6 is 0 Å². The highest BCUT2D eigenvalue weighted by Crippen LogP contribution is 2.11. The molecule has 0 saturated carbocycles. The molecule has 3 nitrogen and oxygen atoms in total. The van der Waals surface area contributed by atoms with Crippen LogP contribution < -0.4 is 5.32 Å². The van der Waals surface area contributed by atoms with E-state index in [1.807, 2.05) is 6.20 Å². The highest BCUT2D eigenvalue weighted by Gasteiger charge is 2.06. The number of benzene rings is 1. The third-order valence-electron chi connectivity index (χ3n) is 3.64. The van der Waals surface area contributed by atoms with Gasteiger partial charge in [-0.15, -0.1) is 0 Å². The van der Waals surface area contributed by atoms with Gasteiger partial charge >= 0.3 is 0 Å². The van der Waals surface area contributed by atoms with Gasteiger partial charge in [-0.05, 0) is 37.4 Å². The second-order valence-corrected chi connectivity index (χ2v) is 5.23. The molecule has 0 radical (unpaired) electrons. The molecule has 1 aromatic heterocycles. The van der Waals surface area contributed by atoms with E-state index in [9.17, 15) is 0 Å². The lowest BCUT2D eigenvalue weighted by molar-refractivity contribution is 0.623. The summed E-state index contributed by atoms with van der Waals surface area (Å²) in [7, 11) is 0. The molecule has 0 amide bonds. The van der Waals surface area contributed by atoms with Crippen LogP contribution in [0.15, 0.2) is 30.5 Å². The van der Waals surface area contributed by atoms with E-state index in [-0.39, 0.29) is 0 Å². The third kappa shape index (κ3) is 3.70. The fourth-order valence-corrected chi connectivity index (χ4v) is 2.33. The largest absolute Gasteiger partial charge is 0.327 e. The molecule has 0 fully saturated rings. The molecule has 0 aliphatic rings. The molecule has 1 heterocycles. The lowest BCUT2D eigenvalue weighted by Gasteiger charge is -2.11. The zero-order valence-electron chi connectivity index (χ0n) is 12.8. The van der Waals surface area contributed by atoms with Gasteiger partial charge in [-0.1, -0.05) is 38.1 Å². The van der Waals surface area contributed by atoms with E-state index in [2.05, 4.69) is 59.9 Å². The molecule has 0 aliphatic carbocycles. The van der Waals surface area contributed by atoms with Gasteiger partial charge in [0.1, 0.15) is 5.82 Å². The summed E-state index contributed by atoms with van der Waals surface area (Å²) in [6.45, 7) is 9.29. The van der Waals surface area contributed by atoms with E-state index >= 15 is 0 Å². The predicted octanol–water partition coefficient (Wildman–Crippen LogP) is 3.30. The fourth-order valence-electron chi connectivity index (χ4n) is 2.33. The normalized spacial score (nSPS) is 10.9. The molecule has 0 unspecified atom stereocenters. The van der Waals surface area contributed by atoms with Crippen molar-refractivity contribution in [2.75, 3.05) is 6.54 Å². The first kappa shape index (κ1) is 14.8. The van der Waals surface area contributed by atoms with Crippen LogP contribution in [-0.4, -0.2) is 16.1 Å². The predicted molar refractivity (Wildman–Crippen MR) is 83.9 cm³/mol. The van der Waals surface area contributed by atoms with Gasteiger partial charge in [-0.25, -0.2) is 4.98 Å². The molecule has 2 rings (SSSR count). The summed E-state index contributed by atoms with van der Waals surface area (Å²) in [4.78, 5) is 4.45. The molecule has 0 aliphatic heterocycles. The van der Waals surface area contributed by atoms with Crippen molar-refractivity contribution in [1.29, 1.82) is 0 Å². The Morgan fingerprint density at radius 1 is 1.10 bits per heavy atom. The summed E-state index contributed by atoms with van der Waals surface area (Å²) in [5, 5.41) is 3.45. The summed E-state index contributed by atoms with van der Waals surface area (Å²) < 4.78 is 2.30. The van der Waals surface area contributed by atoms with Gasteiger partial charge in [0.25, 0.3) is 0 Å². The molecule has 0 saturated heterocycles. The van der Waals surface area contributed by atoms with Crippen molar-refractivity contribution in [3.8, 4) is 0 Å². The van der Waals surface area contributed by atoms with Crippen molar-refractivity contribution in [3.63, 3.8) is 0 Å². The van der Waals surface area contributed by atoms with Gasteiger partial charge in [0.05, 0.1) is 5.69 Å². The van der Waals surface area contributed by atoms with E-state index in [1.165, 1.54) is 16.8 Å². The fraction of sp³-hybridized carbons (Fsp3) is 0.471. The van der Waals surface area contributed by atoms with Gasteiger partial charge in [0, 0.05) is 19.3 Å². The first-order chi connectivity index (χ1) is 9.74. The van der Waals surface area contributed by atoms with Crippen LogP contribution in [-0.2, 0) is 19.5 Å². The summed E-state index contributed by atoms with van der Waals surface area (Å²) in [6, 6.07) is 8.89. The lowest BCUT2D eigenvalue weighted by Crippen LogP contribution is -2.17. The molecule has 108 valence electrons. The van der Waals surface area contributed by atoms with Crippen LogP contribution in [0.5, 0.6) is 0 Å². The van der Waals surface area contributed by atoms with Gasteiger partial charge in [0.15, 0.2) is 0 Å². The number of aryl methyl sites for hydroxylation is 2. The molecule has 0 atom stereocenters. The molecular formula is C17H25N3. The van der Waals surface area contributed by atoms with Crippen LogP contribution in [0.4, 0.5) is 0 Å². The second kappa shape index (κ2) is 7.25. The Balaban J connectivity index is 2.08. The zero-order valence-corrected chi connectivity index (χ0v) is 12.8. The number of hydrogen-bond donors (Lipinski definition) is 1. The van der Waals surface area contributed by atoms with Crippen LogP contribution in [0.3, 0.4) is 0 Å². The van der Waals surface area contributed by atoms with E-state index < -0.39 is 0 Å². The maximum atomic E-state index is 4.45. The topological polar surface area (TPSA) is 29.9 Å². The van der Waals surface area contributed by atoms with E-state index in [0.29, 0.717) is 0 Å². The van der Waals surface area contributed by atoms with Crippen LogP contribution in [0.25, 0.3) is 0 Å². The molecule has 1 aromatic carbocycles. The minimum absolute atomic E-state index is 0.891. The number of rotatable bonds is 7. The Kier molecular flexibility index (Phi) is 5.36. The average molecular weight is 271 g/mol. The summed E-state index contributed by atoms with van der Waals surface area (Å²) >= 11 is 0. The molecule has 2 aromatic rings. The monoisotopic (exact) mass is 271 g/mol. The first-order valence-corrected chi connectivity index (χ1v) is 7.54. The lowest BCUT2D eigenvalue weighted by atomic mass is 10.1. The van der Waals surface area contributed by atoms with Gasteiger partial charge in [0.2, 0.25) is 0 Å². The van der Waals surface area contributed by atoms with Crippen molar-refractivity contribution in [2.45, 2.75) is 46.7 Å². The molecule has 1 N–H and O–H groups in total. The number of imidazole rings is 1. The quantitative estimate of drug-likeness (QED) is 0.783. The number of nitrogens with one attached hydrogen (secondary N) is 1. The molecule has 0 bridgehead atoms. The van der Waals surface area contributed by atoms with Crippen LogP contribution in [0.2, 0.25) is 0 Å². The van der Waals surface area contributed by atoms with Crippen LogP contribution in [0.1, 0.15) is 42.9 Å². The van der Waals surface area contributed by atoms with Crippen molar-refractivity contribution in [3.05, 3.63) is 53.1 Å². The van der Waals surface area contributed by atoms with Gasteiger partial charge < -0.3 is 9.88 Å². The Morgan fingerprint density at radius 3 is 2.45 bits per heavy atom. The zero-order chi connectivity index (χ0) is 14.4. The van der Waals surface area contributed by atoms with Gasteiger partial charge in [-0.2, -0.15) is 0 Å².